The lowest BCUT2D eigenvalue weighted by molar-refractivity contribution is -0.118. The van der Waals surface area contributed by atoms with Gasteiger partial charge in [-0.05, 0) is 45.0 Å². The summed E-state index contributed by atoms with van der Waals surface area (Å²) in [4.78, 5) is 39.9. The third kappa shape index (κ3) is 3.68. The van der Waals surface area contributed by atoms with Crippen molar-refractivity contribution >= 4 is 17.6 Å². The largest absolute Gasteiger partial charge is 0.465 e. The molecule has 0 fully saturated rings. The van der Waals surface area contributed by atoms with Crippen LogP contribution in [0.3, 0.4) is 0 Å². The zero-order chi connectivity index (χ0) is 17.9. The molecule has 0 aliphatic heterocycles. The SMILES string of the molecule is COC(=O)c1cccc(NC(=O)[C@H](C)n2c(C)cc(C)nc2=O)c1. The summed E-state index contributed by atoms with van der Waals surface area (Å²) in [5.41, 5.74) is 1.55. The van der Waals surface area contributed by atoms with Crippen molar-refractivity contribution in [1.82, 2.24) is 9.55 Å². The minimum atomic E-state index is -0.743. The number of hydrogen-bond acceptors (Lipinski definition) is 5. The van der Waals surface area contributed by atoms with E-state index in [0.717, 1.165) is 0 Å². The van der Waals surface area contributed by atoms with Crippen LogP contribution in [0.2, 0.25) is 0 Å². The second-order valence-electron chi connectivity index (χ2n) is 5.43. The molecule has 1 heterocycles. The predicted molar refractivity (Wildman–Crippen MR) is 89.1 cm³/mol. The molecule has 1 aromatic carbocycles. The lowest BCUT2D eigenvalue weighted by atomic mass is 10.2. The van der Waals surface area contributed by atoms with E-state index in [9.17, 15) is 14.4 Å². The van der Waals surface area contributed by atoms with Crippen LogP contribution < -0.4 is 11.0 Å². The third-order valence-electron chi connectivity index (χ3n) is 3.59. The smallest absolute Gasteiger partial charge is 0.348 e. The molecule has 0 aliphatic rings. The summed E-state index contributed by atoms with van der Waals surface area (Å²) < 4.78 is 5.98. The molecular formula is C17H19N3O4. The van der Waals surface area contributed by atoms with Gasteiger partial charge < -0.3 is 10.1 Å². The van der Waals surface area contributed by atoms with Crippen LogP contribution in [0.5, 0.6) is 0 Å². The van der Waals surface area contributed by atoms with Crippen molar-refractivity contribution in [3.05, 3.63) is 57.8 Å². The van der Waals surface area contributed by atoms with Crippen LogP contribution in [-0.2, 0) is 9.53 Å². The van der Waals surface area contributed by atoms with E-state index in [-0.39, 0.29) is 5.91 Å². The molecular weight excluding hydrogens is 310 g/mol. The van der Waals surface area contributed by atoms with Gasteiger partial charge >= 0.3 is 11.7 Å². The second kappa shape index (κ2) is 7.08. The summed E-state index contributed by atoms with van der Waals surface area (Å²) in [6.07, 6.45) is 0. The molecule has 0 bridgehead atoms. The van der Waals surface area contributed by atoms with Crippen LogP contribution >= 0.6 is 0 Å². The van der Waals surface area contributed by atoms with Crippen molar-refractivity contribution in [2.24, 2.45) is 0 Å². The number of carbonyl (C=O) groups is 2. The molecule has 0 saturated heterocycles. The number of amides is 1. The van der Waals surface area contributed by atoms with Gasteiger partial charge in [-0.15, -0.1) is 0 Å². The predicted octanol–water partition coefficient (Wildman–Crippen LogP) is 1.85. The highest BCUT2D eigenvalue weighted by Crippen LogP contribution is 2.15. The summed E-state index contributed by atoms with van der Waals surface area (Å²) >= 11 is 0. The average molecular weight is 329 g/mol. The maximum atomic E-state index is 12.4. The lowest BCUT2D eigenvalue weighted by Gasteiger charge is -2.17. The van der Waals surface area contributed by atoms with E-state index in [2.05, 4.69) is 15.0 Å². The number of anilines is 1. The fourth-order valence-corrected chi connectivity index (χ4v) is 2.44. The topological polar surface area (TPSA) is 90.3 Å². The van der Waals surface area contributed by atoms with Crippen molar-refractivity contribution in [3.8, 4) is 0 Å². The van der Waals surface area contributed by atoms with Gasteiger partial charge in [-0.25, -0.2) is 9.59 Å². The Morgan fingerprint density at radius 1 is 1.25 bits per heavy atom. The molecule has 0 saturated carbocycles. The molecule has 2 aromatic rings. The molecule has 1 atom stereocenters. The zero-order valence-corrected chi connectivity index (χ0v) is 14.0. The standard InChI is InChI=1S/C17H19N3O4/c1-10-8-11(2)20(17(23)18-10)12(3)15(21)19-14-7-5-6-13(9-14)16(22)24-4/h5-9,12H,1-4H3,(H,19,21)/t12-/m0/s1. The van der Waals surface area contributed by atoms with Gasteiger partial charge in [0.15, 0.2) is 0 Å². The van der Waals surface area contributed by atoms with E-state index < -0.39 is 17.7 Å². The molecule has 0 aliphatic carbocycles. The van der Waals surface area contributed by atoms with Gasteiger partial charge in [0.25, 0.3) is 0 Å². The Hall–Kier alpha value is -2.96. The number of benzene rings is 1. The van der Waals surface area contributed by atoms with Gasteiger partial charge in [0.05, 0.1) is 12.7 Å². The Labute approximate surface area is 139 Å². The van der Waals surface area contributed by atoms with Crippen molar-refractivity contribution in [1.29, 1.82) is 0 Å². The van der Waals surface area contributed by atoms with E-state index in [1.807, 2.05) is 0 Å². The Morgan fingerprint density at radius 3 is 2.58 bits per heavy atom. The van der Waals surface area contributed by atoms with Crippen molar-refractivity contribution in [3.63, 3.8) is 0 Å². The van der Waals surface area contributed by atoms with Gasteiger partial charge in [0, 0.05) is 17.1 Å². The number of esters is 1. The van der Waals surface area contributed by atoms with Crippen LogP contribution in [0.15, 0.2) is 35.1 Å². The minimum absolute atomic E-state index is 0.327. The summed E-state index contributed by atoms with van der Waals surface area (Å²) in [6, 6.07) is 7.39. The van der Waals surface area contributed by atoms with E-state index >= 15 is 0 Å². The fraction of sp³-hybridized carbons (Fsp3) is 0.294. The minimum Gasteiger partial charge on any atom is -0.465 e. The quantitative estimate of drug-likeness (QED) is 0.865. The van der Waals surface area contributed by atoms with Crippen molar-refractivity contribution in [2.45, 2.75) is 26.8 Å². The summed E-state index contributed by atoms with van der Waals surface area (Å²) in [6.45, 7) is 5.09. The van der Waals surface area contributed by atoms with Gasteiger partial charge in [0.2, 0.25) is 5.91 Å². The van der Waals surface area contributed by atoms with Gasteiger partial charge in [0.1, 0.15) is 6.04 Å². The monoisotopic (exact) mass is 329 g/mol. The number of methoxy groups -OCH3 is 1. The molecule has 7 nitrogen and oxygen atoms in total. The van der Waals surface area contributed by atoms with Gasteiger partial charge in [-0.2, -0.15) is 4.98 Å². The molecule has 1 N–H and O–H groups in total. The van der Waals surface area contributed by atoms with Crippen LogP contribution in [0, 0.1) is 13.8 Å². The third-order valence-corrected chi connectivity index (χ3v) is 3.59. The van der Waals surface area contributed by atoms with E-state index in [1.54, 1.807) is 45.0 Å². The van der Waals surface area contributed by atoms with E-state index in [0.29, 0.717) is 22.6 Å². The second-order valence-corrected chi connectivity index (χ2v) is 5.43. The van der Waals surface area contributed by atoms with Crippen LogP contribution in [0.25, 0.3) is 0 Å². The zero-order valence-electron chi connectivity index (χ0n) is 14.0. The van der Waals surface area contributed by atoms with Crippen LogP contribution in [0.4, 0.5) is 5.69 Å². The molecule has 1 aromatic heterocycles. The van der Waals surface area contributed by atoms with Crippen molar-refractivity contribution in [2.75, 3.05) is 12.4 Å². The Morgan fingerprint density at radius 2 is 1.96 bits per heavy atom. The van der Waals surface area contributed by atoms with E-state index in [1.165, 1.54) is 17.7 Å². The Kier molecular flexibility index (Phi) is 5.13. The number of rotatable bonds is 4. The number of nitrogens with one attached hydrogen (secondary N) is 1. The molecule has 0 radical (unpaired) electrons. The molecule has 126 valence electrons. The highest BCUT2D eigenvalue weighted by atomic mass is 16.5. The first-order valence-electron chi connectivity index (χ1n) is 7.39. The van der Waals surface area contributed by atoms with Crippen molar-refractivity contribution < 1.29 is 14.3 Å². The number of hydrogen-bond donors (Lipinski definition) is 1. The maximum Gasteiger partial charge on any atom is 0.348 e. The fourth-order valence-electron chi connectivity index (χ4n) is 2.44. The number of nitrogens with zero attached hydrogens (tertiary/aromatic N) is 2. The number of aryl methyl sites for hydroxylation is 2. The van der Waals surface area contributed by atoms with Gasteiger partial charge in [-0.3, -0.25) is 9.36 Å². The molecule has 1 amide bonds. The number of aromatic nitrogens is 2. The lowest BCUT2D eigenvalue weighted by Crippen LogP contribution is -2.34. The average Bonchev–Trinajstić information content (AvgIpc) is 2.53. The first kappa shape index (κ1) is 17.4. The summed E-state index contributed by atoms with van der Waals surface area (Å²) in [5, 5.41) is 2.69. The molecule has 0 unspecified atom stereocenters. The molecule has 0 spiro atoms. The number of ether oxygens (including phenoxy) is 1. The molecule has 2 rings (SSSR count). The van der Waals surface area contributed by atoms with Gasteiger partial charge in [-0.1, -0.05) is 6.07 Å². The summed E-state index contributed by atoms with van der Waals surface area (Å²) in [7, 11) is 1.29. The maximum absolute atomic E-state index is 12.4. The van der Waals surface area contributed by atoms with E-state index in [4.69, 9.17) is 0 Å². The number of carbonyl (C=O) groups excluding carboxylic acids is 2. The Balaban J connectivity index is 2.24. The highest BCUT2D eigenvalue weighted by Gasteiger charge is 2.19. The first-order valence-corrected chi connectivity index (χ1v) is 7.39. The highest BCUT2D eigenvalue weighted by molar-refractivity contribution is 5.96. The normalized spacial score (nSPS) is 11.7. The van der Waals surface area contributed by atoms with Crippen LogP contribution in [0.1, 0.15) is 34.7 Å². The first-order chi connectivity index (χ1) is 11.3. The molecule has 7 heteroatoms. The Bertz CT molecular complexity index is 842. The van der Waals surface area contributed by atoms with Crippen LogP contribution in [-0.4, -0.2) is 28.5 Å². The molecule has 24 heavy (non-hydrogen) atoms. The summed E-state index contributed by atoms with van der Waals surface area (Å²) in [5.74, 6) is -0.873.